The SMILES string of the molecule is Cc1nc(-c2ccsc2)sc1C(=O)Nc1ccccc1C(N)=O. The van der Waals surface area contributed by atoms with Gasteiger partial charge in [-0.15, -0.1) is 11.3 Å². The molecule has 0 saturated carbocycles. The van der Waals surface area contributed by atoms with Crippen molar-refractivity contribution in [3.63, 3.8) is 0 Å². The normalized spacial score (nSPS) is 10.5. The van der Waals surface area contributed by atoms with Gasteiger partial charge in [0.25, 0.3) is 11.8 Å². The summed E-state index contributed by atoms with van der Waals surface area (Å²) in [5, 5.41) is 7.50. The first kappa shape index (κ1) is 15.4. The minimum atomic E-state index is -0.583. The molecule has 7 heteroatoms. The number of primary amides is 1. The number of carbonyl (C=O) groups is 2. The molecule has 0 aliphatic carbocycles. The standard InChI is InChI=1S/C16H13N3O2S2/c1-9-13(23-16(18-9)10-6-7-22-8-10)15(21)19-12-5-3-2-4-11(12)14(17)20/h2-8H,1H3,(H2,17,20)(H,19,21). The molecular weight excluding hydrogens is 330 g/mol. The van der Waals surface area contributed by atoms with Gasteiger partial charge in [-0.25, -0.2) is 4.98 Å². The van der Waals surface area contributed by atoms with Gasteiger partial charge < -0.3 is 11.1 Å². The van der Waals surface area contributed by atoms with Gasteiger partial charge >= 0.3 is 0 Å². The van der Waals surface area contributed by atoms with Gasteiger partial charge in [0.1, 0.15) is 9.88 Å². The smallest absolute Gasteiger partial charge is 0.267 e. The molecule has 2 heterocycles. The van der Waals surface area contributed by atoms with Crippen molar-refractivity contribution >= 4 is 40.2 Å². The van der Waals surface area contributed by atoms with Crippen molar-refractivity contribution in [2.45, 2.75) is 6.92 Å². The molecule has 3 N–H and O–H groups in total. The zero-order valence-corrected chi connectivity index (χ0v) is 13.8. The number of aromatic nitrogens is 1. The third-order valence-corrected chi connectivity index (χ3v) is 5.10. The summed E-state index contributed by atoms with van der Waals surface area (Å²) in [5.41, 5.74) is 7.66. The van der Waals surface area contributed by atoms with Crippen molar-refractivity contribution in [3.05, 3.63) is 57.2 Å². The Morgan fingerprint density at radius 2 is 2.00 bits per heavy atom. The van der Waals surface area contributed by atoms with Gasteiger partial charge in [0.2, 0.25) is 0 Å². The van der Waals surface area contributed by atoms with Crippen molar-refractivity contribution in [2.24, 2.45) is 5.73 Å². The highest BCUT2D eigenvalue weighted by molar-refractivity contribution is 7.17. The first-order valence-electron chi connectivity index (χ1n) is 6.76. The molecule has 1 aromatic carbocycles. The van der Waals surface area contributed by atoms with Crippen LogP contribution in [-0.2, 0) is 0 Å². The summed E-state index contributed by atoms with van der Waals surface area (Å²) in [5.74, 6) is -0.879. The number of rotatable bonds is 4. The van der Waals surface area contributed by atoms with E-state index in [1.807, 2.05) is 16.8 Å². The Balaban J connectivity index is 1.89. The predicted octanol–water partition coefficient (Wildman–Crippen LogP) is 3.53. The zero-order chi connectivity index (χ0) is 16.4. The van der Waals surface area contributed by atoms with E-state index in [-0.39, 0.29) is 11.5 Å². The van der Waals surface area contributed by atoms with Crippen LogP contribution in [-0.4, -0.2) is 16.8 Å². The van der Waals surface area contributed by atoms with Gasteiger partial charge in [0.15, 0.2) is 0 Å². The topological polar surface area (TPSA) is 85.1 Å². The highest BCUT2D eigenvalue weighted by Gasteiger charge is 2.18. The van der Waals surface area contributed by atoms with Crippen molar-refractivity contribution in [1.29, 1.82) is 0 Å². The molecule has 0 fully saturated rings. The number of hydrogen-bond donors (Lipinski definition) is 2. The Morgan fingerprint density at radius 3 is 2.70 bits per heavy atom. The van der Waals surface area contributed by atoms with E-state index in [2.05, 4.69) is 10.3 Å². The molecule has 0 aliphatic heterocycles. The average molecular weight is 343 g/mol. The number of amides is 2. The number of nitrogens with zero attached hydrogens (tertiary/aromatic N) is 1. The van der Waals surface area contributed by atoms with E-state index in [0.717, 1.165) is 10.6 Å². The molecule has 0 atom stereocenters. The molecule has 23 heavy (non-hydrogen) atoms. The molecule has 0 saturated heterocycles. The Labute approximate surface area is 140 Å². The fraction of sp³-hybridized carbons (Fsp3) is 0.0625. The highest BCUT2D eigenvalue weighted by atomic mass is 32.1. The van der Waals surface area contributed by atoms with Crippen LogP contribution < -0.4 is 11.1 Å². The zero-order valence-electron chi connectivity index (χ0n) is 12.2. The van der Waals surface area contributed by atoms with Gasteiger partial charge in [-0.05, 0) is 30.5 Å². The monoisotopic (exact) mass is 343 g/mol. The number of benzene rings is 1. The van der Waals surface area contributed by atoms with E-state index in [4.69, 9.17) is 5.73 Å². The van der Waals surface area contributed by atoms with E-state index < -0.39 is 5.91 Å². The Hall–Kier alpha value is -2.51. The average Bonchev–Trinajstić information content (AvgIpc) is 3.16. The summed E-state index contributed by atoms with van der Waals surface area (Å²) in [6, 6.07) is 8.62. The first-order valence-corrected chi connectivity index (χ1v) is 8.52. The second-order valence-corrected chi connectivity index (χ2v) is 6.59. The lowest BCUT2D eigenvalue weighted by Gasteiger charge is -2.07. The molecule has 2 amide bonds. The Kier molecular flexibility index (Phi) is 4.22. The number of anilines is 1. The summed E-state index contributed by atoms with van der Waals surface area (Å²) in [7, 11) is 0. The van der Waals surface area contributed by atoms with Crippen LogP contribution in [0.4, 0.5) is 5.69 Å². The number of nitrogens with two attached hydrogens (primary N) is 1. The summed E-state index contributed by atoms with van der Waals surface area (Å²) in [4.78, 5) is 28.9. The molecule has 0 spiro atoms. The molecule has 5 nitrogen and oxygen atoms in total. The maximum atomic E-state index is 12.5. The number of thiazole rings is 1. The second-order valence-electron chi connectivity index (χ2n) is 4.81. The minimum absolute atomic E-state index is 0.279. The van der Waals surface area contributed by atoms with Crippen LogP contribution in [0.2, 0.25) is 0 Å². The van der Waals surface area contributed by atoms with Crippen LogP contribution in [0.3, 0.4) is 0 Å². The molecular formula is C16H13N3O2S2. The van der Waals surface area contributed by atoms with Crippen LogP contribution in [0.25, 0.3) is 10.6 Å². The van der Waals surface area contributed by atoms with Crippen molar-refractivity contribution in [2.75, 3.05) is 5.32 Å². The lowest BCUT2D eigenvalue weighted by molar-refractivity contribution is 0.100. The van der Waals surface area contributed by atoms with Gasteiger partial charge in [-0.3, -0.25) is 9.59 Å². The molecule has 2 aromatic heterocycles. The summed E-state index contributed by atoms with van der Waals surface area (Å²) in [6.07, 6.45) is 0. The number of aryl methyl sites for hydroxylation is 1. The van der Waals surface area contributed by atoms with Crippen LogP contribution in [0.5, 0.6) is 0 Å². The number of carbonyl (C=O) groups excluding carboxylic acids is 2. The summed E-state index contributed by atoms with van der Waals surface area (Å²) >= 11 is 2.91. The van der Waals surface area contributed by atoms with E-state index in [1.54, 1.807) is 42.5 Å². The first-order chi connectivity index (χ1) is 11.1. The third-order valence-electron chi connectivity index (χ3n) is 3.21. The van der Waals surface area contributed by atoms with Crippen LogP contribution >= 0.6 is 22.7 Å². The minimum Gasteiger partial charge on any atom is -0.366 e. The lowest BCUT2D eigenvalue weighted by atomic mass is 10.1. The third kappa shape index (κ3) is 3.15. The highest BCUT2D eigenvalue weighted by Crippen LogP contribution is 2.30. The molecule has 3 aromatic rings. The molecule has 3 rings (SSSR count). The van der Waals surface area contributed by atoms with Crippen LogP contribution in [0.1, 0.15) is 25.7 Å². The predicted molar refractivity (Wildman–Crippen MR) is 93.1 cm³/mol. The number of para-hydroxylation sites is 1. The van der Waals surface area contributed by atoms with Crippen molar-refractivity contribution in [3.8, 4) is 10.6 Å². The lowest BCUT2D eigenvalue weighted by Crippen LogP contribution is -2.18. The van der Waals surface area contributed by atoms with Gasteiger partial charge in [0.05, 0.1) is 16.9 Å². The fourth-order valence-corrected chi connectivity index (χ4v) is 3.78. The largest absolute Gasteiger partial charge is 0.366 e. The number of hydrogen-bond acceptors (Lipinski definition) is 5. The van der Waals surface area contributed by atoms with Crippen molar-refractivity contribution in [1.82, 2.24) is 4.98 Å². The summed E-state index contributed by atoms with van der Waals surface area (Å²) < 4.78 is 0. The molecule has 0 unspecified atom stereocenters. The fourth-order valence-electron chi connectivity index (χ4n) is 2.10. The molecule has 0 aliphatic rings. The van der Waals surface area contributed by atoms with E-state index in [1.165, 1.54) is 11.3 Å². The van der Waals surface area contributed by atoms with Crippen molar-refractivity contribution < 1.29 is 9.59 Å². The van der Waals surface area contributed by atoms with Gasteiger partial charge in [0, 0.05) is 10.9 Å². The number of thiophene rings is 1. The maximum Gasteiger partial charge on any atom is 0.267 e. The molecule has 0 radical (unpaired) electrons. The van der Waals surface area contributed by atoms with Crippen LogP contribution in [0.15, 0.2) is 41.1 Å². The molecule has 116 valence electrons. The van der Waals surface area contributed by atoms with E-state index in [9.17, 15) is 9.59 Å². The van der Waals surface area contributed by atoms with Gasteiger partial charge in [-0.1, -0.05) is 12.1 Å². The van der Waals surface area contributed by atoms with E-state index in [0.29, 0.717) is 16.3 Å². The maximum absolute atomic E-state index is 12.5. The summed E-state index contributed by atoms with van der Waals surface area (Å²) in [6.45, 7) is 1.79. The van der Waals surface area contributed by atoms with Gasteiger partial charge in [-0.2, -0.15) is 11.3 Å². The van der Waals surface area contributed by atoms with Crippen LogP contribution in [0, 0.1) is 6.92 Å². The van der Waals surface area contributed by atoms with E-state index >= 15 is 0 Å². The Morgan fingerprint density at radius 1 is 1.22 bits per heavy atom. The number of nitrogens with one attached hydrogen (secondary N) is 1. The molecule has 0 bridgehead atoms. The quantitative estimate of drug-likeness (QED) is 0.760. The Bertz CT molecular complexity index is 869. The second kappa shape index (κ2) is 6.31.